The number of pyridine rings is 1. The van der Waals surface area contributed by atoms with E-state index in [9.17, 15) is 14.4 Å². The summed E-state index contributed by atoms with van der Waals surface area (Å²) in [6.45, 7) is 2.17. The molecule has 162 valence electrons. The highest BCUT2D eigenvalue weighted by Gasteiger charge is 2.38. The third-order valence-electron chi connectivity index (χ3n) is 6.19. The highest BCUT2D eigenvalue weighted by atomic mass is 16.2. The Labute approximate surface area is 182 Å². The first-order valence-electron chi connectivity index (χ1n) is 10.9. The van der Waals surface area contributed by atoms with E-state index in [1.807, 2.05) is 35.2 Å². The summed E-state index contributed by atoms with van der Waals surface area (Å²) in [6, 6.07) is 12.5. The van der Waals surface area contributed by atoms with Gasteiger partial charge >= 0.3 is 0 Å². The zero-order chi connectivity index (χ0) is 21.6. The summed E-state index contributed by atoms with van der Waals surface area (Å²) in [5, 5.41) is 2.97. The molecular weight excluding hydrogens is 392 g/mol. The predicted octanol–water partition coefficient (Wildman–Crippen LogP) is 2.24. The van der Waals surface area contributed by atoms with Gasteiger partial charge < -0.3 is 15.1 Å². The molecule has 0 aliphatic carbocycles. The van der Waals surface area contributed by atoms with Crippen LogP contribution in [0, 0.1) is 5.92 Å². The van der Waals surface area contributed by atoms with Crippen molar-refractivity contribution in [3.63, 3.8) is 0 Å². The molecule has 3 heterocycles. The standard InChI is InChI=1S/C24H28N4O3/c29-22(26-17-18-6-4-12-25-16-18)19-10-14-27(15-11-19)24(31)21-9-5-13-28(21)23(30)20-7-2-1-3-8-20/h1-4,6-8,12,16,19,21H,5,9-11,13-15,17H2,(H,26,29). The van der Waals surface area contributed by atoms with E-state index in [1.165, 1.54) is 0 Å². The van der Waals surface area contributed by atoms with Gasteiger partial charge in [0.2, 0.25) is 11.8 Å². The molecule has 1 aromatic carbocycles. The lowest BCUT2D eigenvalue weighted by Gasteiger charge is -2.35. The Bertz CT molecular complexity index is 911. The topological polar surface area (TPSA) is 82.6 Å². The van der Waals surface area contributed by atoms with Crippen molar-refractivity contribution in [3.05, 3.63) is 66.0 Å². The Morgan fingerprint density at radius 2 is 1.74 bits per heavy atom. The Morgan fingerprint density at radius 1 is 0.968 bits per heavy atom. The Morgan fingerprint density at radius 3 is 2.45 bits per heavy atom. The second-order valence-electron chi connectivity index (χ2n) is 8.20. The number of carbonyl (C=O) groups excluding carboxylic acids is 3. The summed E-state index contributed by atoms with van der Waals surface area (Å²) >= 11 is 0. The maximum absolute atomic E-state index is 13.2. The molecule has 0 spiro atoms. The van der Waals surface area contributed by atoms with Crippen LogP contribution in [0.4, 0.5) is 0 Å². The second kappa shape index (κ2) is 9.73. The van der Waals surface area contributed by atoms with Crippen LogP contribution in [0.5, 0.6) is 0 Å². The molecule has 7 nitrogen and oxygen atoms in total. The summed E-state index contributed by atoms with van der Waals surface area (Å²) in [5.74, 6) is -0.138. The number of carbonyl (C=O) groups is 3. The van der Waals surface area contributed by atoms with Crippen LogP contribution in [0.3, 0.4) is 0 Å². The van der Waals surface area contributed by atoms with Crippen LogP contribution in [-0.4, -0.2) is 58.2 Å². The van der Waals surface area contributed by atoms with Crippen LogP contribution in [0.2, 0.25) is 0 Å². The third kappa shape index (κ3) is 4.93. The molecule has 2 aliphatic heterocycles. The average Bonchev–Trinajstić information content (AvgIpc) is 3.33. The van der Waals surface area contributed by atoms with E-state index in [0.717, 1.165) is 12.0 Å². The van der Waals surface area contributed by atoms with Crippen molar-refractivity contribution in [1.82, 2.24) is 20.1 Å². The number of hydrogen-bond acceptors (Lipinski definition) is 4. The van der Waals surface area contributed by atoms with E-state index in [0.29, 0.717) is 51.0 Å². The lowest BCUT2D eigenvalue weighted by molar-refractivity contribution is -0.138. The van der Waals surface area contributed by atoms with Crippen LogP contribution in [0.25, 0.3) is 0 Å². The largest absolute Gasteiger partial charge is 0.352 e. The first-order chi connectivity index (χ1) is 15.1. The fraction of sp³-hybridized carbons (Fsp3) is 0.417. The van der Waals surface area contributed by atoms with Gasteiger partial charge in [-0.1, -0.05) is 24.3 Å². The van der Waals surface area contributed by atoms with Gasteiger partial charge in [-0.25, -0.2) is 0 Å². The van der Waals surface area contributed by atoms with Gasteiger partial charge in [0.25, 0.3) is 5.91 Å². The highest BCUT2D eigenvalue weighted by Crippen LogP contribution is 2.25. The summed E-state index contributed by atoms with van der Waals surface area (Å²) in [6.07, 6.45) is 6.27. The summed E-state index contributed by atoms with van der Waals surface area (Å²) in [5.41, 5.74) is 1.58. The lowest BCUT2D eigenvalue weighted by Crippen LogP contribution is -2.51. The van der Waals surface area contributed by atoms with Crippen LogP contribution >= 0.6 is 0 Å². The van der Waals surface area contributed by atoms with E-state index < -0.39 is 6.04 Å². The molecule has 1 N–H and O–H groups in total. The number of nitrogens with zero attached hydrogens (tertiary/aromatic N) is 3. The minimum absolute atomic E-state index is 0.0102. The number of amides is 3. The fourth-order valence-electron chi connectivity index (χ4n) is 4.42. The van der Waals surface area contributed by atoms with Crippen LogP contribution in [0.15, 0.2) is 54.9 Å². The number of hydrogen-bond donors (Lipinski definition) is 1. The van der Waals surface area contributed by atoms with E-state index in [4.69, 9.17) is 0 Å². The van der Waals surface area contributed by atoms with Gasteiger partial charge in [0, 0.05) is 50.1 Å². The molecule has 2 aliphatic rings. The summed E-state index contributed by atoms with van der Waals surface area (Å²) < 4.78 is 0. The molecule has 7 heteroatoms. The molecule has 0 saturated carbocycles. The van der Waals surface area contributed by atoms with E-state index in [-0.39, 0.29) is 23.6 Å². The monoisotopic (exact) mass is 420 g/mol. The molecule has 2 saturated heterocycles. The number of piperidine rings is 1. The van der Waals surface area contributed by atoms with Crippen molar-refractivity contribution >= 4 is 17.7 Å². The van der Waals surface area contributed by atoms with Gasteiger partial charge in [-0.3, -0.25) is 19.4 Å². The first kappa shape index (κ1) is 21.0. The Hall–Kier alpha value is -3.22. The van der Waals surface area contributed by atoms with E-state index >= 15 is 0 Å². The van der Waals surface area contributed by atoms with Crippen molar-refractivity contribution in [2.24, 2.45) is 5.92 Å². The maximum Gasteiger partial charge on any atom is 0.254 e. The molecule has 0 radical (unpaired) electrons. The molecular formula is C24H28N4O3. The number of benzene rings is 1. The lowest BCUT2D eigenvalue weighted by atomic mass is 9.95. The zero-order valence-corrected chi connectivity index (χ0v) is 17.6. The molecule has 2 aromatic rings. The average molecular weight is 421 g/mol. The van der Waals surface area contributed by atoms with E-state index in [2.05, 4.69) is 10.3 Å². The summed E-state index contributed by atoms with van der Waals surface area (Å²) in [4.78, 5) is 46.1. The number of aromatic nitrogens is 1. The first-order valence-corrected chi connectivity index (χ1v) is 10.9. The van der Waals surface area contributed by atoms with Gasteiger partial charge in [0.15, 0.2) is 0 Å². The third-order valence-corrected chi connectivity index (χ3v) is 6.19. The molecule has 1 unspecified atom stereocenters. The van der Waals surface area contributed by atoms with Gasteiger partial charge in [-0.2, -0.15) is 0 Å². The van der Waals surface area contributed by atoms with Crippen molar-refractivity contribution in [3.8, 4) is 0 Å². The minimum Gasteiger partial charge on any atom is -0.352 e. The van der Waals surface area contributed by atoms with Gasteiger partial charge in [-0.05, 0) is 49.4 Å². The molecule has 1 aromatic heterocycles. The van der Waals surface area contributed by atoms with E-state index in [1.54, 1.807) is 29.4 Å². The van der Waals surface area contributed by atoms with Crippen molar-refractivity contribution < 1.29 is 14.4 Å². The van der Waals surface area contributed by atoms with Crippen molar-refractivity contribution in [2.45, 2.75) is 38.3 Å². The van der Waals surface area contributed by atoms with Crippen molar-refractivity contribution in [2.75, 3.05) is 19.6 Å². The smallest absolute Gasteiger partial charge is 0.254 e. The molecule has 3 amide bonds. The fourth-order valence-corrected chi connectivity index (χ4v) is 4.42. The quantitative estimate of drug-likeness (QED) is 0.804. The Kier molecular flexibility index (Phi) is 6.60. The second-order valence-corrected chi connectivity index (χ2v) is 8.20. The SMILES string of the molecule is O=C(NCc1cccnc1)C1CCN(C(=O)C2CCCN2C(=O)c2ccccc2)CC1. The predicted molar refractivity (Wildman–Crippen MR) is 116 cm³/mol. The molecule has 2 fully saturated rings. The molecule has 1 atom stereocenters. The highest BCUT2D eigenvalue weighted by molar-refractivity contribution is 5.98. The number of rotatable bonds is 5. The normalized spacial score (nSPS) is 19.3. The van der Waals surface area contributed by atoms with Gasteiger partial charge in [0.1, 0.15) is 6.04 Å². The number of likely N-dealkylation sites (tertiary alicyclic amines) is 2. The van der Waals surface area contributed by atoms with Crippen LogP contribution < -0.4 is 5.32 Å². The molecule has 31 heavy (non-hydrogen) atoms. The minimum atomic E-state index is -0.399. The van der Waals surface area contributed by atoms with Gasteiger partial charge in [-0.15, -0.1) is 0 Å². The Balaban J connectivity index is 1.29. The summed E-state index contributed by atoms with van der Waals surface area (Å²) in [7, 11) is 0. The number of nitrogens with one attached hydrogen (secondary N) is 1. The van der Waals surface area contributed by atoms with Gasteiger partial charge in [0.05, 0.1) is 0 Å². The molecule has 0 bridgehead atoms. The zero-order valence-electron chi connectivity index (χ0n) is 17.6. The van der Waals surface area contributed by atoms with Crippen LogP contribution in [0.1, 0.15) is 41.6 Å². The maximum atomic E-state index is 13.2. The molecule has 4 rings (SSSR count). The van der Waals surface area contributed by atoms with Crippen molar-refractivity contribution in [1.29, 1.82) is 0 Å². The van der Waals surface area contributed by atoms with Crippen LogP contribution in [-0.2, 0) is 16.1 Å².